The van der Waals surface area contributed by atoms with Crippen LogP contribution in [0.15, 0.2) is 71.4 Å². The number of halogens is 1. The number of alkyl carbamates (subject to hydrolysis) is 1. The van der Waals surface area contributed by atoms with Gasteiger partial charge in [0.2, 0.25) is 11.8 Å². The highest BCUT2D eigenvalue weighted by atomic mass is 35.5. The number of amides is 1. The second kappa shape index (κ2) is 15.7. The van der Waals surface area contributed by atoms with Gasteiger partial charge in [0.15, 0.2) is 6.29 Å². The second-order valence-corrected chi connectivity index (χ2v) is 12.9. The lowest BCUT2D eigenvalue weighted by atomic mass is 9.91. The topological polar surface area (TPSA) is 149 Å². The molecule has 0 spiro atoms. The van der Waals surface area contributed by atoms with E-state index in [4.69, 9.17) is 35.5 Å². The van der Waals surface area contributed by atoms with E-state index in [1.807, 2.05) is 56.3 Å². The molecule has 5 rings (SSSR count). The lowest BCUT2D eigenvalue weighted by Crippen LogP contribution is -2.33. The zero-order valence-electron chi connectivity index (χ0n) is 28.4. The molecule has 0 aliphatic heterocycles. The van der Waals surface area contributed by atoms with Crippen molar-refractivity contribution in [3.8, 4) is 40.1 Å². The Morgan fingerprint density at radius 3 is 2.42 bits per heavy atom. The third-order valence-corrected chi connectivity index (χ3v) is 7.96. The minimum atomic E-state index is -0.584. The van der Waals surface area contributed by atoms with Crippen molar-refractivity contribution in [3.05, 3.63) is 111 Å². The van der Waals surface area contributed by atoms with E-state index in [1.54, 1.807) is 39.1 Å². The van der Waals surface area contributed by atoms with Gasteiger partial charge in [-0.3, -0.25) is 9.78 Å². The van der Waals surface area contributed by atoms with Crippen molar-refractivity contribution in [2.75, 3.05) is 6.54 Å². The first-order chi connectivity index (χ1) is 24.0. The summed E-state index contributed by atoms with van der Waals surface area (Å²) in [5.41, 5.74) is 6.47. The largest absolute Gasteiger partial charge is 0.488 e. The summed E-state index contributed by atoms with van der Waals surface area (Å²) >= 11 is 6.50. The van der Waals surface area contributed by atoms with E-state index >= 15 is 0 Å². The Bertz CT molecular complexity index is 2060. The minimum absolute atomic E-state index is 0.0974. The molecule has 256 valence electrons. The van der Waals surface area contributed by atoms with Crippen LogP contribution < -0.4 is 14.8 Å². The van der Waals surface area contributed by atoms with Gasteiger partial charge in [-0.1, -0.05) is 41.9 Å². The Morgan fingerprint density at radius 2 is 1.68 bits per heavy atom. The number of carbonyl (C=O) groups excluding carboxylic acids is 2. The molecule has 0 unspecified atom stereocenters. The molecule has 12 heteroatoms. The smallest absolute Gasteiger partial charge is 0.407 e. The van der Waals surface area contributed by atoms with E-state index in [1.165, 1.54) is 12.3 Å². The van der Waals surface area contributed by atoms with Crippen LogP contribution in [0.3, 0.4) is 0 Å². The molecule has 0 aliphatic rings. The quantitative estimate of drug-likeness (QED) is 0.127. The van der Waals surface area contributed by atoms with Gasteiger partial charge in [0, 0.05) is 42.6 Å². The molecule has 0 atom stereocenters. The number of aldehydes is 1. The van der Waals surface area contributed by atoms with Crippen molar-refractivity contribution in [2.24, 2.45) is 0 Å². The lowest BCUT2D eigenvalue weighted by molar-refractivity contribution is 0.0527. The standard InChI is InChI=1S/C38H36ClN5O6/c1-23-27(22-48-34-16-33(28(20-45)15-32(34)39)47-21-26-14-25(17-40)18-41-19-26)8-6-9-29(23)30-10-7-11-31(24(30)2)36-44-43-35(49-36)12-13-42-37(46)50-38(3,4)5/h6-11,14-16,18-20H,12-13,21-22H2,1-5H3,(H,42,46). The number of hydrogen-bond donors (Lipinski definition) is 1. The van der Waals surface area contributed by atoms with Crippen LogP contribution in [0.25, 0.3) is 22.6 Å². The van der Waals surface area contributed by atoms with E-state index in [2.05, 4.69) is 20.5 Å². The summed E-state index contributed by atoms with van der Waals surface area (Å²) in [6.45, 7) is 10.0. The van der Waals surface area contributed by atoms with Crippen LogP contribution in [0.2, 0.25) is 5.02 Å². The first-order valence-electron chi connectivity index (χ1n) is 15.8. The number of rotatable bonds is 12. The maximum absolute atomic E-state index is 12.0. The maximum atomic E-state index is 12.0. The maximum Gasteiger partial charge on any atom is 0.407 e. The molecular weight excluding hydrogens is 658 g/mol. The molecule has 0 aliphatic carbocycles. The van der Waals surface area contributed by atoms with Gasteiger partial charge in [0.05, 0.1) is 16.1 Å². The fourth-order valence-electron chi connectivity index (χ4n) is 5.16. The number of hydrogen-bond acceptors (Lipinski definition) is 10. The highest BCUT2D eigenvalue weighted by molar-refractivity contribution is 6.32. The van der Waals surface area contributed by atoms with Gasteiger partial charge in [-0.15, -0.1) is 10.2 Å². The number of pyridine rings is 1. The van der Waals surface area contributed by atoms with Crippen LogP contribution in [0, 0.1) is 25.2 Å². The van der Waals surface area contributed by atoms with Gasteiger partial charge in [-0.05, 0) is 80.6 Å². The number of benzene rings is 3. The monoisotopic (exact) mass is 693 g/mol. The number of nitrogens with zero attached hydrogens (tertiary/aromatic N) is 4. The normalized spacial score (nSPS) is 11.1. The van der Waals surface area contributed by atoms with Crippen molar-refractivity contribution in [1.82, 2.24) is 20.5 Å². The minimum Gasteiger partial charge on any atom is -0.488 e. The fourth-order valence-corrected chi connectivity index (χ4v) is 5.39. The average molecular weight is 694 g/mol. The molecule has 0 saturated heterocycles. The highest BCUT2D eigenvalue weighted by Gasteiger charge is 2.19. The van der Waals surface area contributed by atoms with Gasteiger partial charge < -0.3 is 23.9 Å². The molecule has 50 heavy (non-hydrogen) atoms. The molecule has 1 amide bonds. The number of ether oxygens (including phenoxy) is 3. The zero-order valence-corrected chi connectivity index (χ0v) is 29.1. The SMILES string of the molecule is Cc1c(COc2cc(OCc3cncc(C#N)c3)c(C=O)cc2Cl)cccc1-c1cccc(-c2nnc(CCNC(=O)OC(C)(C)C)o2)c1C. The Labute approximate surface area is 295 Å². The Kier molecular flexibility index (Phi) is 11.1. The fraction of sp³-hybridized carbons (Fsp3) is 0.263. The molecule has 3 aromatic carbocycles. The summed E-state index contributed by atoms with van der Waals surface area (Å²) in [6, 6.07) is 18.7. The van der Waals surface area contributed by atoms with Gasteiger partial charge >= 0.3 is 6.09 Å². The van der Waals surface area contributed by atoms with Gasteiger partial charge in [-0.2, -0.15) is 5.26 Å². The first-order valence-corrected chi connectivity index (χ1v) is 16.2. The predicted molar refractivity (Wildman–Crippen MR) is 187 cm³/mol. The van der Waals surface area contributed by atoms with Crippen molar-refractivity contribution in [1.29, 1.82) is 5.26 Å². The summed E-state index contributed by atoms with van der Waals surface area (Å²) in [5, 5.41) is 20.6. The van der Waals surface area contributed by atoms with E-state index in [0.29, 0.717) is 53.7 Å². The van der Waals surface area contributed by atoms with Crippen LogP contribution in [0.5, 0.6) is 11.5 Å². The van der Waals surface area contributed by atoms with Crippen LogP contribution in [-0.2, 0) is 24.4 Å². The molecular formula is C38H36ClN5O6. The van der Waals surface area contributed by atoms with Crippen molar-refractivity contribution in [2.45, 2.75) is 59.9 Å². The van der Waals surface area contributed by atoms with Crippen LogP contribution >= 0.6 is 11.6 Å². The third-order valence-electron chi connectivity index (χ3n) is 7.67. The van der Waals surface area contributed by atoms with Crippen molar-refractivity contribution in [3.63, 3.8) is 0 Å². The van der Waals surface area contributed by atoms with Gasteiger partial charge in [-0.25, -0.2) is 4.79 Å². The molecule has 5 aromatic rings. The molecule has 0 radical (unpaired) electrons. The summed E-state index contributed by atoms with van der Waals surface area (Å²) in [6.07, 6.45) is 3.57. The van der Waals surface area contributed by atoms with Crippen molar-refractivity contribution < 1.29 is 28.2 Å². The molecule has 0 fully saturated rings. The third kappa shape index (κ3) is 8.84. The number of carbonyl (C=O) groups is 2. The lowest BCUT2D eigenvalue weighted by Gasteiger charge is -2.19. The van der Waals surface area contributed by atoms with Crippen molar-refractivity contribution >= 4 is 24.0 Å². The molecule has 1 N–H and O–H groups in total. The van der Waals surface area contributed by atoms with Gasteiger partial charge in [0.1, 0.15) is 36.4 Å². The number of nitriles is 1. The summed E-state index contributed by atoms with van der Waals surface area (Å²) in [4.78, 5) is 27.8. The van der Waals surface area contributed by atoms with E-state index < -0.39 is 11.7 Å². The van der Waals surface area contributed by atoms with E-state index in [-0.39, 0.29) is 23.8 Å². The molecule has 0 saturated carbocycles. The summed E-state index contributed by atoms with van der Waals surface area (Å²) in [5.74, 6) is 1.43. The predicted octanol–water partition coefficient (Wildman–Crippen LogP) is 7.98. The Balaban J connectivity index is 1.30. The number of nitrogens with one attached hydrogen (secondary N) is 1. The van der Waals surface area contributed by atoms with E-state index in [0.717, 1.165) is 33.4 Å². The summed E-state index contributed by atoms with van der Waals surface area (Å²) in [7, 11) is 0. The molecule has 2 aromatic heterocycles. The number of aromatic nitrogens is 3. The van der Waals surface area contributed by atoms with Crippen LogP contribution in [0.1, 0.15) is 64.8 Å². The average Bonchev–Trinajstić information content (AvgIpc) is 3.55. The molecule has 11 nitrogen and oxygen atoms in total. The second-order valence-electron chi connectivity index (χ2n) is 12.5. The zero-order chi connectivity index (χ0) is 35.8. The molecule has 2 heterocycles. The van der Waals surface area contributed by atoms with E-state index in [9.17, 15) is 9.59 Å². The van der Waals surface area contributed by atoms with Crippen LogP contribution in [0.4, 0.5) is 4.79 Å². The molecule has 0 bridgehead atoms. The first kappa shape index (κ1) is 35.6. The summed E-state index contributed by atoms with van der Waals surface area (Å²) < 4.78 is 23.3. The highest BCUT2D eigenvalue weighted by Crippen LogP contribution is 2.36. The Hall–Kier alpha value is -5.73. The Morgan fingerprint density at radius 1 is 0.960 bits per heavy atom. The van der Waals surface area contributed by atoms with Gasteiger partial charge in [0.25, 0.3) is 0 Å². The van der Waals surface area contributed by atoms with Crippen LogP contribution in [-0.4, -0.2) is 39.7 Å².